The third kappa shape index (κ3) is 13.5. The van der Waals surface area contributed by atoms with E-state index in [1.54, 1.807) is 24.3 Å². The minimum atomic E-state index is -0.444. The number of carbonyl (C=O) groups excluding carboxylic acids is 4. The first-order valence-corrected chi connectivity index (χ1v) is 16.5. The predicted octanol–water partition coefficient (Wildman–Crippen LogP) is 8.62. The number of unbranched alkanes of at least 4 members (excludes halogenated alkanes) is 10. The molecule has 0 radical (unpaired) electrons. The Morgan fingerprint density at radius 1 is 0.762 bits per heavy atom. The van der Waals surface area contributed by atoms with Crippen LogP contribution >= 0.6 is 0 Å². The summed E-state index contributed by atoms with van der Waals surface area (Å²) in [5, 5.41) is 0. The number of esters is 4. The molecule has 3 unspecified atom stereocenters. The predicted molar refractivity (Wildman–Crippen MR) is 164 cm³/mol. The van der Waals surface area contributed by atoms with Crippen molar-refractivity contribution >= 4 is 23.9 Å². The monoisotopic (exact) mass is 586 g/mol. The van der Waals surface area contributed by atoms with Crippen LogP contribution in [0.3, 0.4) is 0 Å². The van der Waals surface area contributed by atoms with Gasteiger partial charge in [-0.15, -0.1) is 0 Å². The molecule has 0 bridgehead atoms. The van der Waals surface area contributed by atoms with Gasteiger partial charge in [0.1, 0.15) is 0 Å². The zero-order valence-corrected chi connectivity index (χ0v) is 26.3. The molecular formula is C35H54O7. The highest BCUT2D eigenvalue weighted by molar-refractivity contribution is 6.03. The molecule has 3 atom stereocenters. The number of hydrogen-bond donors (Lipinski definition) is 0. The second-order valence-corrected chi connectivity index (χ2v) is 12.0. The van der Waals surface area contributed by atoms with E-state index >= 15 is 0 Å². The van der Waals surface area contributed by atoms with Crippen LogP contribution in [-0.4, -0.2) is 37.1 Å². The molecule has 1 saturated carbocycles. The van der Waals surface area contributed by atoms with Gasteiger partial charge in [-0.2, -0.15) is 0 Å². The SMILES string of the molecule is CC1CCCC(C2CC(=O)OC2=O)C1.CCCCCCCCOC(=O)c1ccccc1C(=O)OCCCCCCCC. The van der Waals surface area contributed by atoms with Gasteiger partial charge in [0.15, 0.2) is 0 Å². The van der Waals surface area contributed by atoms with Gasteiger partial charge in [0.2, 0.25) is 0 Å². The third-order valence-corrected chi connectivity index (χ3v) is 8.28. The van der Waals surface area contributed by atoms with Gasteiger partial charge in [0.25, 0.3) is 0 Å². The lowest BCUT2D eigenvalue weighted by molar-refractivity contribution is -0.153. The van der Waals surface area contributed by atoms with Gasteiger partial charge < -0.3 is 14.2 Å². The molecule has 1 saturated heterocycles. The standard InChI is InChI=1S/C24H38O4.C11H16O3/c1-3-5-7-9-11-15-19-27-23(25)21-17-13-14-18-22(21)24(26)28-20-16-12-10-8-6-4-2;1-7-3-2-4-8(5-7)9-6-10(12)14-11(9)13/h13-14,17-18H,3-12,15-16,19-20H2,1-2H3;7-9H,2-6H2,1H3. The summed E-state index contributed by atoms with van der Waals surface area (Å²) in [6, 6.07) is 6.74. The van der Waals surface area contributed by atoms with Crippen LogP contribution in [0.2, 0.25) is 0 Å². The van der Waals surface area contributed by atoms with E-state index in [0.717, 1.165) is 38.5 Å². The molecule has 0 amide bonds. The van der Waals surface area contributed by atoms with Crippen molar-refractivity contribution < 1.29 is 33.4 Å². The molecule has 0 N–H and O–H groups in total. The van der Waals surface area contributed by atoms with E-state index in [2.05, 4.69) is 25.5 Å². The average Bonchev–Trinajstić information content (AvgIpc) is 3.33. The Kier molecular flexibility index (Phi) is 17.8. The summed E-state index contributed by atoms with van der Waals surface area (Å²) in [7, 11) is 0. The van der Waals surface area contributed by atoms with Gasteiger partial charge in [-0.1, -0.05) is 110 Å². The quantitative estimate of drug-likeness (QED) is 0.0780. The Morgan fingerprint density at radius 2 is 1.26 bits per heavy atom. The normalized spacial score (nSPS) is 19.9. The first kappa shape index (κ1) is 35.5. The van der Waals surface area contributed by atoms with Crippen molar-refractivity contribution in [2.24, 2.45) is 17.8 Å². The molecule has 1 aromatic rings. The van der Waals surface area contributed by atoms with Crippen LogP contribution in [0.25, 0.3) is 0 Å². The van der Waals surface area contributed by atoms with Crippen LogP contribution in [0.5, 0.6) is 0 Å². The second kappa shape index (κ2) is 21.1. The number of carbonyl (C=O) groups is 4. The molecule has 7 heteroatoms. The molecule has 0 spiro atoms. The average molecular weight is 587 g/mol. The zero-order valence-electron chi connectivity index (χ0n) is 26.3. The van der Waals surface area contributed by atoms with E-state index in [9.17, 15) is 19.2 Å². The Bertz CT molecular complexity index is 907. The molecule has 1 aliphatic heterocycles. The Balaban J connectivity index is 0.000000363. The molecule has 0 aromatic heterocycles. The molecule has 2 fully saturated rings. The molecule has 2 aliphatic rings. The number of rotatable bonds is 17. The maximum absolute atomic E-state index is 12.4. The lowest BCUT2D eigenvalue weighted by atomic mass is 9.75. The van der Waals surface area contributed by atoms with Crippen molar-refractivity contribution in [1.29, 1.82) is 0 Å². The van der Waals surface area contributed by atoms with Crippen molar-refractivity contribution in [3.05, 3.63) is 35.4 Å². The fraction of sp³-hybridized carbons (Fsp3) is 0.714. The zero-order chi connectivity index (χ0) is 30.6. The summed E-state index contributed by atoms with van der Waals surface area (Å²) in [6.07, 6.45) is 18.5. The van der Waals surface area contributed by atoms with Crippen LogP contribution in [0, 0.1) is 17.8 Å². The molecule has 42 heavy (non-hydrogen) atoms. The lowest BCUT2D eigenvalue weighted by Crippen LogP contribution is -2.24. The van der Waals surface area contributed by atoms with Gasteiger partial charge in [0.05, 0.1) is 36.7 Å². The topological polar surface area (TPSA) is 96.0 Å². The maximum Gasteiger partial charge on any atom is 0.339 e. The Hall–Kier alpha value is -2.70. The van der Waals surface area contributed by atoms with Crippen molar-refractivity contribution in [3.8, 4) is 0 Å². The smallest absolute Gasteiger partial charge is 0.339 e. The molecule has 236 valence electrons. The summed E-state index contributed by atoms with van der Waals surface area (Å²) in [5.74, 6) is -0.561. The van der Waals surface area contributed by atoms with E-state index < -0.39 is 11.9 Å². The Morgan fingerprint density at radius 3 is 1.71 bits per heavy atom. The van der Waals surface area contributed by atoms with Crippen LogP contribution in [0.1, 0.15) is 151 Å². The molecule has 1 aromatic carbocycles. The van der Waals surface area contributed by atoms with Crippen LogP contribution in [0.4, 0.5) is 0 Å². The largest absolute Gasteiger partial charge is 0.462 e. The summed E-state index contributed by atoms with van der Waals surface area (Å²) >= 11 is 0. The van der Waals surface area contributed by atoms with E-state index in [1.165, 1.54) is 64.2 Å². The minimum absolute atomic E-state index is 0.134. The van der Waals surface area contributed by atoms with Crippen molar-refractivity contribution in [2.75, 3.05) is 13.2 Å². The first-order chi connectivity index (χ1) is 20.4. The third-order valence-electron chi connectivity index (χ3n) is 8.28. The number of cyclic esters (lactones) is 2. The van der Waals surface area contributed by atoms with Crippen molar-refractivity contribution in [2.45, 2.75) is 130 Å². The van der Waals surface area contributed by atoms with Crippen LogP contribution < -0.4 is 0 Å². The fourth-order valence-corrected chi connectivity index (χ4v) is 5.79. The molecule has 1 heterocycles. The molecular weight excluding hydrogens is 532 g/mol. The van der Waals surface area contributed by atoms with E-state index in [4.69, 9.17) is 9.47 Å². The highest BCUT2D eigenvalue weighted by Gasteiger charge is 2.40. The lowest BCUT2D eigenvalue weighted by Gasteiger charge is -2.28. The maximum atomic E-state index is 12.4. The molecule has 3 rings (SSSR count). The van der Waals surface area contributed by atoms with E-state index in [1.807, 2.05) is 0 Å². The van der Waals surface area contributed by atoms with Crippen molar-refractivity contribution in [1.82, 2.24) is 0 Å². The van der Waals surface area contributed by atoms with Crippen LogP contribution in [0.15, 0.2) is 24.3 Å². The summed E-state index contributed by atoms with van der Waals surface area (Å²) in [4.78, 5) is 47.0. The van der Waals surface area contributed by atoms with E-state index in [0.29, 0.717) is 42.6 Å². The number of benzene rings is 1. The number of hydrogen-bond acceptors (Lipinski definition) is 7. The Labute approximate surface area is 253 Å². The van der Waals surface area contributed by atoms with Gasteiger partial charge in [0, 0.05) is 0 Å². The second-order valence-electron chi connectivity index (χ2n) is 12.0. The number of ether oxygens (including phenoxy) is 3. The minimum Gasteiger partial charge on any atom is -0.462 e. The fourth-order valence-electron chi connectivity index (χ4n) is 5.79. The molecule has 7 nitrogen and oxygen atoms in total. The highest BCUT2D eigenvalue weighted by atomic mass is 16.6. The summed E-state index contributed by atoms with van der Waals surface area (Å²) < 4.78 is 15.3. The molecule has 1 aliphatic carbocycles. The highest BCUT2D eigenvalue weighted by Crippen LogP contribution is 2.37. The summed E-state index contributed by atoms with van der Waals surface area (Å²) in [5.41, 5.74) is 0.586. The van der Waals surface area contributed by atoms with E-state index in [-0.39, 0.29) is 17.9 Å². The van der Waals surface area contributed by atoms with Gasteiger partial charge in [-0.05, 0) is 49.7 Å². The van der Waals surface area contributed by atoms with Crippen LogP contribution in [-0.2, 0) is 23.8 Å². The van der Waals surface area contributed by atoms with Gasteiger partial charge in [-0.3, -0.25) is 9.59 Å². The first-order valence-electron chi connectivity index (χ1n) is 16.5. The van der Waals surface area contributed by atoms with Gasteiger partial charge >= 0.3 is 23.9 Å². The van der Waals surface area contributed by atoms with Gasteiger partial charge in [-0.25, -0.2) is 9.59 Å². The van der Waals surface area contributed by atoms with Crippen molar-refractivity contribution in [3.63, 3.8) is 0 Å². The summed E-state index contributed by atoms with van der Waals surface area (Å²) in [6.45, 7) is 7.39.